The van der Waals surface area contributed by atoms with Gasteiger partial charge < -0.3 is 29.3 Å². The molecule has 2 heterocycles. The van der Waals surface area contributed by atoms with Gasteiger partial charge in [0.2, 0.25) is 10.0 Å². The molecule has 1 aliphatic heterocycles. The van der Waals surface area contributed by atoms with Crippen molar-refractivity contribution in [3.05, 3.63) is 53.7 Å². The van der Waals surface area contributed by atoms with E-state index in [0.29, 0.717) is 53.8 Å². The Morgan fingerprint density at radius 1 is 1.13 bits per heavy atom. The smallest absolute Gasteiger partial charge is 0.410 e. The van der Waals surface area contributed by atoms with E-state index in [4.69, 9.17) is 14.2 Å². The SMILES string of the molecule is CC(C)(C)OC(=O)N(CCOc1ccc2c(C(=O)O)nn(C3CCCCO3)c2c1)C[C@H](O)c1cccc(NS(=O)(=O)C2CCC2)c1. The van der Waals surface area contributed by atoms with E-state index in [-0.39, 0.29) is 31.6 Å². The molecule has 2 fully saturated rings. The number of fused-ring (bicyclic) bond motifs is 1. The Morgan fingerprint density at radius 2 is 1.91 bits per heavy atom. The summed E-state index contributed by atoms with van der Waals surface area (Å²) in [5.41, 5.74) is 0.485. The van der Waals surface area contributed by atoms with Crippen LogP contribution in [0.3, 0.4) is 0 Å². The van der Waals surface area contributed by atoms with Crippen molar-refractivity contribution in [3.63, 3.8) is 0 Å². The molecule has 46 heavy (non-hydrogen) atoms. The number of aromatic nitrogens is 2. The van der Waals surface area contributed by atoms with Crippen LogP contribution in [0.5, 0.6) is 5.75 Å². The first-order valence-electron chi connectivity index (χ1n) is 15.6. The average molecular weight is 659 g/mol. The number of ether oxygens (including phenoxy) is 3. The van der Waals surface area contributed by atoms with E-state index < -0.39 is 39.0 Å². The maximum absolute atomic E-state index is 13.2. The fraction of sp³-hybridized carbons (Fsp3) is 0.531. The van der Waals surface area contributed by atoms with Crippen LogP contribution in [0.25, 0.3) is 10.9 Å². The number of amides is 1. The van der Waals surface area contributed by atoms with Crippen LogP contribution in [0, 0.1) is 0 Å². The number of carbonyl (C=O) groups excluding carboxylic acids is 1. The predicted octanol–water partition coefficient (Wildman–Crippen LogP) is 5.08. The van der Waals surface area contributed by atoms with Crippen LogP contribution in [0.15, 0.2) is 42.5 Å². The average Bonchev–Trinajstić information content (AvgIpc) is 3.34. The second kappa shape index (κ2) is 13.9. The van der Waals surface area contributed by atoms with E-state index in [0.717, 1.165) is 19.3 Å². The van der Waals surface area contributed by atoms with Crippen LogP contribution >= 0.6 is 0 Å². The number of hydrogen-bond donors (Lipinski definition) is 3. The van der Waals surface area contributed by atoms with Crippen molar-refractivity contribution in [2.75, 3.05) is 31.0 Å². The number of carboxylic acids is 1. The minimum Gasteiger partial charge on any atom is -0.492 e. The van der Waals surface area contributed by atoms with Crippen LogP contribution in [0.1, 0.15) is 87.7 Å². The van der Waals surface area contributed by atoms with Gasteiger partial charge in [-0.15, -0.1) is 0 Å². The highest BCUT2D eigenvalue weighted by Crippen LogP contribution is 2.31. The third kappa shape index (κ3) is 8.09. The molecule has 1 saturated heterocycles. The molecule has 2 aromatic carbocycles. The number of carbonyl (C=O) groups is 2. The van der Waals surface area contributed by atoms with E-state index in [2.05, 4.69) is 9.82 Å². The van der Waals surface area contributed by atoms with Crippen molar-refractivity contribution >= 4 is 38.7 Å². The van der Waals surface area contributed by atoms with Crippen molar-refractivity contribution in [1.82, 2.24) is 14.7 Å². The Labute approximate surface area is 268 Å². The number of benzene rings is 2. The van der Waals surface area contributed by atoms with Gasteiger partial charge in [0, 0.05) is 23.7 Å². The minimum atomic E-state index is -3.51. The number of aliphatic hydroxyl groups excluding tert-OH is 1. The quantitative estimate of drug-likeness (QED) is 0.239. The van der Waals surface area contributed by atoms with Crippen LogP contribution < -0.4 is 9.46 Å². The number of anilines is 1. The molecule has 1 amide bonds. The van der Waals surface area contributed by atoms with E-state index in [1.807, 2.05) is 0 Å². The lowest BCUT2D eigenvalue weighted by Crippen LogP contribution is -2.41. The maximum Gasteiger partial charge on any atom is 0.410 e. The Balaban J connectivity index is 1.29. The monoisotopic (exact) mass is 658 g/mol. The fourth-order valence-corrected chi connectivity index (χ4v) is 6.99. The molecular weight excluding hydrogens is 616 g/mol. The lowest BCUT2D eigenvalue weighted by molar-refractivity contribution is -0.0368. The van der Waals surface area contributed by atoms with Crippen molar-refractivity contribution in [3.8, 4) is 5.75 Å². The van der Waals surface area contributed by atoms with E-state index in [1.54, 1.807) is 67.9 Å². The van der Waals surface area contributed by atoms with Crippen LogP contribution in [0.4, 0.5) is 10.5 Å². The highest BCUT2D eigenvalue weighted by atomic mass is 32.2. The van der Waals surface area contributed by atoms with Crippen LogP contribution in [-0.2, 0) is 19.5 Å². The normalized spacial score (nSPS) is 18.0. The Hall–Kier alpha value is -3.88. The molecule has 2 aliphatic rings. The molecule has 1 saturated carbocycles. The number of rotatable bonds is 12. The van der Waals surface area contributed by atoms with Gasteiger partial charge in [-0.1, -0.05) is 18.6 Å². The van der Waals surface area contributed by atoms with Gasteiger partial charge in [-0.2, -0.15) is 5.10 Å². The van der Waals surface area contributed by atoms with Gasteiger partial charge >= 0.3 is 12.1 Å². The predicted molar refractivity (Wildman–Crippen MR) is 170 cm³/mol. The lowest BCUT2D eigenvalue weighted by atomic mass is 10.0. The zero-order valence-corrected chi connectivity index (χ0v) is 27.2. The molecule has 1 unspecified atom stereocenters. The summed E-state index contributed by atoms with van der Waals surface area (Å²) in [6, 6.07) is 11.5. The van der Waals surface area contributed by atoms with Crippen LogP contribution in [-0.4, -0.2) is 82.5 Å². The van der Waals surface area contributed by atoms with Gasteiger partial charge in [0.1, 0.15) is 18.0 Å². The largest absolute Gasteiger partial charge is 0.492 e. The topological polar surface area (TPSA) is 170 Å². The summed E-state index contributed by atoms with van der Waals surface area (Å²) in [7, 11) is -3.51. The molecule has 3 aromatic rings. The summed E-state index contributed by atoms with van der Waals surface area (Å²) in [4.78, 5) is 26.4. The summed E-state index contributed by atoms with van der Waals surface area (Å²) >= 11 is 0. The number of aromatic carboxylic acids is 1. The number of nitrogens with zero attached hydrogens (tertiary/aromatic N) is 3. The molecule has 5 rings (SSSR count). The third-order valence-corrected chi connectivity index (χ3v) is 9.88. The summed E-state index contributed by atoms with van der Waals surface area (Å²) < 4.78 is 46.9. The van der Waals surface area contributed by atoms with Crippen molar-refractivity contribution < 1.29 is 42.4 Å². The van der Waals surface area contributed by atoms with Crippen molar-refractivity contribution in [2.45, 2.75) is 82.5 Å². The summed E-state index contributed by atoms with van der Waals surface area (Å²) in [6.07, 6.45) is 2.55. The Morgan fingerprint density at radius 3 is 2.57 bits per heavy atom. The summed E-state index contributed by atoms with van der Waals surface area (Å²) in [6.45, 7) is 5.76. The molecule has 1 aliphatic carbocycles. The zero-order valence-electron chi connectivity index (χ0n) is 26.3. The standard InChI is InChI=1S/C32H42N4O9S/c1-32(2,3)45-31(40)35(20-27(37)21-8-6-9-22(18-21)34-46(41,42)24-10-7-11-24)15-17-43-23-13-14-25-26(19-23)36(33-29(25)30(38)39)28-12-4-5-16-44-28/h6,8-9,13-14,18-19,24,27-28,34,37H,4-5,7,10-12,15-17,20H2,1-3H3,(H,38,39)/t27-,28?/m0/s1. The molecular formula is C32H42N4O9S. The third-order valence-electron chi connectivity index (χ3n) is 8.01. The maximum atomic E-state index is 13.2. The second-order valence-electron chi connectivity index (χ2n) is 12.7. The van der Waals surface area contributed by atoms with Gasteiger partial charge in [0.05, 0.1) is 30.0 Å². The number of nitrogens with one attached hydrogen (secondary N) is 1. The Kier molecular flexibility index (Phi) is 10.1. The highest BCUT2D eigenvalue weighted by Gasteiger charge is 2.31. The van der Waals surface area contributed by atoms with E-state index in [9.17, 15) is 28.2 Å². The van der Waals surface area contributed by atoms with E-state index >= 15 is 0 Å². The van der Waals surface area contributed by atoms with Gasteiger partial charge in [-0.3, -0.25) is 4.72 Å². The number of carboxylic acid groups (broad SMARTS) is 1. The van der Waals surface area contributed by atoms with Crippen molar-refractivity contribution in [1.29, 1.82) is 0 Å². The van der Waals surface area contributed by atoms with Gasteiger partial charge in [-0.05, 0) is 82.7 Å². The summed E-state index contributed by atoms with van der Waals surface area (Å²) in [5, 5.41) is 25.2. The molecule has 250 valence electrons. The first-order valence-corrected chi connectivity index (χ1v) is 17.1. The highest BCUT2D eigenvalue weighted by molar-refractivity contribution is 7.93. The molecule has 0 spiro atoms. The van der Waals surface area contributed by atoms with Crippen molar-refractivity contribution in [2.24, 2.45) is 0 Å². The lowest BCUT2D eigenvalue weighted by Gasteiger charge is -2.29. The van der Waals surface area contributed by atoms with Crippen LogP contribution in [0.2, 0.25) is 0 Å². The second-order valence-corrected chi connectivity index (χ2v) is 14.7. The first kappa shape index (κ1) is 33.5. The molecule has 0 radical (unpaired) electrons. The summed E-state index contributed by atoms with van der Waals surface area (Å²) in [5.74, 6) is -0.696. The minimum absolute atomic E-state index is 0.0402. The molecule has 14 heteroatoms. The number of hydrogen-bond acceptors (Lipinski definition) is 9. The van der Waals surface area contributed by atoms with Gasteiger partial charge in [0.15, 0.2) is 11.9 Å². The Bertz CT molecular complexity index is 1660. The zero-order chi connectivity index (χ0) is 33.1. The first-order chi connectivity index (χ1) is 21.8. The molecule has 13 nitrogen and oxygen atoms in total. The number of aliphatic hydroxyl groups is 1. The van der Waals surface area contributed by atoms with Gasteiger partial charge in [-0.25, -0.2) is 22.7 Å². The molecule has 2 atom stereocenters. The molecule has 0 bridgehead atoms. The van der Waals surface area contributed by atoms with E-state index in [1.165, 1.54) is 4.90 Å². The van der Waals surface area contributed by atoms with Gasteiger partial charge in [0.25, 0.3) is 0 Å². The molecule has 3 N–H and O–H groups in total. The molecule has 1 aromatic heterocycles. The number of sulfonamides is 1. The fourth-order valence-electron chi connectivity index (χ4n) is 5.41.